The van der Waals surface area contributed by atoms with Crippen molar-refractivity contribution in [1.82, 2.24) is 4.90 Å². The summed E-state index contributed by atoms with van der Waals surface area (Å²) >= 11 is 0. The summed E-state index contributed by atoms with van der Waals surface area (Å²) in [6, 6.07) is 0.500. The van der Waals surface area contributed by atoms with Crippen LogP contribution in [0.15, 0.2) is 0 Å². The second kappa shape index (κ2) is 4.72. The second-order valence-electron chi connectivity index (χ2n) is 6.43. The molecule has 1 aliphatic carbocycles. The monoisotopic (exact) mass is 269 g/mol. The van der Waals surface area contributed by atoms with E-state index in [1.807, 2.05) is 6.92 Å². The number of rotatable bonds is 2. The molecule has 108 valence electrons. The normalized spacial score (nSPS) is 36.1. The van der Waals surface area contributed by atoms with Crippen molar-refractivity contribution in [3.05, 3.63) is 0 Å². The third kappa shape index (κ3) is 2.39. The number of nitrogens with zero attached hydrogens (tertiary/aromatic N) is 1. The number of aliphatic carboxylic acids is 1. The summed E-state index contributed by atoms with van der Waals surface area (Å²) in [6.07, 6.45) is 4.75. The van der Waals surface area contributed by atoms with Crippen molar-refractivity contribution in [2.45, 2.75) is 50.9 Å². The van der Waals surface area contributed by atoms with Crippen LogP contribution in [0.3, 0.4) is 0 Å². The van der Waals surface area contributed by atoms with Crippen molar-refractivity contribution in [3.8, 4) is 0 Å². The molecule has 3 fully saturated rings. The summed E-state index contributed by atoms with van der Waals surface area (Å²) in [7, 11) is 0. The molecule has 2 aliphatic heterocycles. The van der Waals surface area contributed by atoms with E-state index in [1.165, 1.54) is 0 Å². The predicted molar refractivity (Wildman–Crippen MR) is 68.8 cm³/mol. The molecule has 3 rings (SSSR count). The van der Waals surface area contributed by atoms with Gasteiger partial charge < -0.3 is 14.6 Å². The Bertz CT molecular complexity index is 356. The van der Waals surface area contributed by atoms with E-state index >= 15 is 0 Å². The average molecular weight is 269 g/mol. The SMILES string of the molecule is CC1(C(=O)O)CCN(C2CCC3(CC2)OCCO3)C1. The molecule has 1 unspecified atom stereocenters. The molecule has 0 aromatic carbocycles. The Hall–Kier alpha value is -0.650. The first-order chi connectivity index (χ1) is 9.03. The van der Waals surface area contributed by atoms with E-state index in [-0.39, 0.29) is 5.79 Å². The molecule has 1 saturated carbocycles. The summed E-state index contributed by atoms with van der Waals surface area (Å²) in [5.74, 6) is -0.975. The molecule has 1 atom stereocenters. The minimum atomic E-state index is -0.662. The van der Waals surface area contributed by atoms with E-state index in [0.717, 1.165) is 38.6 Å². The van der Waals surface area contributed by atoms with Crippen LogP contribution >= 0.6 is 0 Å². The fourth-order valence-electron chi connectivity index (χ4n) is 3.68. The molecule has 5 nitrogen and oxygen atoms in total. The van der Waals surface area contributed by atoms with Crippen molar-refractivity contribution in [1.29, 1.82) is 0 Å². The molecular weight excluding hydrogens is 246 g/mol. The van der Waals surface area contributed by atoms with E-state index in [1.54, 1.807) is 0 Å². The topological polar surface area (TPSA) is 59.0 Å². The molecule has 0 radical (unpaired) electrons. The zero-order valence-corrected chi connectivity index (χ0v) is 11.6. The quantitative estimate of drug-likeness (QED) is 0.822. The molecule has 19 heavy (non-hydrogen) atoms. The summed E-state index contributed by atoms with van der Waals surface area (Å²) in [5.41, 5.74) is -0.560. The molecule has 3 aliphatic rings. The fraction of sp³-hybridized carbons (Fsp3) is 0.929. The number of likely N-dealkylation sites (tertiary alicyclic amines) is 1. The lowest BCUT2D eigenvalue weighted by Gasteiger charge is -2.39. The van der Waals surface area contributed by atoms with Crippen LogP contribution in [0.4, 0.5) is 0 Å². The Kier molecular flexibility index (Phi) is 3.31. The average Bonchev–Trinajstić information content (AvgIpc) is 2.99. The van der Waals surface area contributed by atoms with Crippen LogP contribution in [0.5, 0.6) is 0 Å². The van der Waals surface area contributed by atoms with Crippen molar-refractivity contribution in [3.63, 3.8) is 0 Å². The van der Waals surface area contributed by atoms with Gasteiger partial charge in [-0.1, -0.05) is 0 Å². The molecular formula is C14H23NO4. The Balaban J connectivity index is 1.56. The molecule has 0 amide bonds. The molecule has 1 spiro atoms. The molecule has 1 N–H and O–H groups in total. The van der Waals surface area contributed by atoms with E-state index in [0.29, 0.717) is 25.8 Å². The van der Waals surface area contributed by atoms with Crippen LogP contribution < -0.4 is 0 Å². The molecule has 2 heterocycles. The summed E-state index contributed by atoms with van der Waals surface area (Å²) in [6.45, 7) is 4.88. The van der Waals surface area contributed by atoms with Crippen molar-refractivity contribution in [2.24, 2.45) is 5.41 Å². The largest absolute Gasteiger partial charge is 0.481 e. The van der Waals surface area contributed by atoms with Gasteiger partial charge in [0.2, 0.25) is 0 Å². The van der Waals surface area contributed by atoms with E-state index in [2.05, 4.69) is 4.90 Å². The van der Waals surface area contributed by atoms with Crippen molar-refractivity contribution < 1.29 is 19.4 Å². The molecule has 0 aromatic heterocycles. The first-order valence-corrected chi connectivity index (χ1v) is 7.28. The highest BCUT2D eigenvalue weighted by Gasteiger charge is 2.46. The first-order valence-electron chi connectivity index (χ1n) is 7.28. The lowest BCUT2D eigenvalue weighted by atomic mass is 9.88. The predicted octanol–water partition coefficient (Wildman–Crippen LogP) is 1.47. The number of carbonyl (C=O) groups is 1. The van der Waals surface area contributed by atoms with Crippen LogP contribution in [0, 0.1) is 5.41 Å². The maximum atomic E-state index is 11.3. The number of carboxylic acids is 1. The van der Waals surface area contributed by atoms with E-state index in [9.17, 15) is 9.90 Å². The van der Waals surface area contributed by atoms with Gasteiger partial charge in [-0.2, -0.15) is 0 Å². The highest BCUT2D eigenvalue weighted by molar-refractivity contribution is 5.74. The number of hydrogen-bond donors (Lipinski definition) is 1. The van der Waals surface area contributed by atoms with E-state index in [4.69, 9.17) is 9.47 Å². The van der Waals surface area contributed by atoms with E-state index < -0.39 is 11.4 Å². The van der Waals surface area contributed by atoms with Gasteiger partial charge in [-0.05, 0) is 32.7 Å². The van der Waals surface area contributed by atoms with Gasteiger partial charge in [0.1, 0.15) is 0 Å². The molecule has 2 saturated heterocycles. The first kappa shape index (κ1) is 13.3. The fourth-order valence-corrected chi connectivity index (χ4v) is 3.68. The van der Waals surface area contributed by atoms with Gasteiger partial charge in [0, 0.05) is 25.4 Å². The minimum Gasteiger partial charge on any atom is -0.481 e. The highest BCUT2D eigenvalue weighted by atomic mass is 16.7. The van der Waals surface area contributed by atoms with Crippen LogP contribution in [-0.4, -0.2) is 54.1 Å². The number of carboxylic acid groups (broad SMARTS) is 1. The van der Waals surface area contributed by atoms with Gasteiger partial charge in [0.25, 0.3) is 0 Å². The Labute approximate surface area is 113 Å². The lowest BCUT2D eigenvalue weighted by molar-refractivity contribution is -0.183. The van der Waals surface area contributed by atoms with Crippen LogP contribution in [-0.2, 0) is 14.3 Å². The van der Waals surface area contributed by atoms with Crippen molar-refractivity contribution >= 4 is 5.97 Å². The smallest absolute Gasteiger partial charge is 0.310 e. The Morgan fingerprint density at radius 2 is 1.84 bits per heavy atom. The van der Waals surface area contributed by atoms with Crippen molar-refractivity contribution in [2.75, 3.05) is 26.3 Å². The summed E-state index contributed by atoms with van der Waals surface area (Å²) in [4.78, 5) is 13.6. The van der Waals surface area contributed by atoms with Crippen LogP contribution in [0.2, 0.25) is 0 Å². The van der Waals surface area contributed by atoms with Crippen LogP contribution in [0.25, 0.3) is 0 Å². The summed E-state index contributed by atoms with van der Waals surface area (Å²) in [5, 5.41) is 9.29. The van der Waals surface area contributed by atoms with Gasteiger partial charge in [0.05, 0.1) is 18.6 Å². The van der Waals surface area contributed by atoms with Gasteiger partial charge in [-0.25, -0.2) is 0 Å². The Morgan fingerprint density at radius 3 is 2.37 bits per heavy atom. The zero-order valence-electron chi connectivity index (χ0n) is 11.6. The number of hydrogen-bond acceptors (Lipinski definition) is 4. The minimum absolute atomic E-state index is 0.313. The van der Waals surface area contributed by atoms with Gasteiger partial charge >= 0.3 is 5.97 Å². The van der Waals surface area contributed by atoms with Crippen LogP contribution in [0.1, 0.15) is 39.0 Å². The third-order valence-corrected chi connectivity index (χ3v) is 5.07. The standard InChI is InChI=1S/C14H23NO4/c1-13(12(16)17)6-7-15(10-13)11-2-4-14(5-3-11)18-8-9-19-14/h11H,2-10H2,1H3,(H,16,17). The zero-order chi connectivity index (χ0) is 13.5. The maximum absolute atomic E-state index is 11.3. The third-order valence-electron chi connectivity index (χ3n) is 5.07. The molecule has 0 bridgehead atoms. The van der Waals surface area contributed by atoms with Gasteiger partial charge in [-0.3, -0.25) is 9.69 Å². The number of ether oxygens (including phenoxy) is 2. The molecule has 0 aromatic rings. The highest BCUT2D eigenvalue weighted by Crippen LogP contribution is 2.40. The Morgan fingerprint density at radius 1 is 1.21 bits per heavy atom. The summed E-state index contributed by atoms with van der Waals surface area (Å²) < 4.78 is 11.5. The molecule has 5 heteroatoms. The van der Waals surface area contributed by atoms with Gasteiger partial charge in [0.15, 0.2) is 5.79 Å². The van der Waals surface area contributed by atoms with Gasteiger partial charge in [-0.15, -0.1) is 0 Å². The second-order valence-corrected chi connectivity index (χ2v) is 6.43. The lowest BCUT2D eigenvalue weighted by Crippen LogP contribution is -2.44. The maximum Gasteiger partial charge on any atom is 0.310 e.